The van der Waals surface area contributed by atoms with Crippen LogP contribution in [-0.4, -0.2) is 41.2 Å². The maximum absolute atomic E-state index is 13.2. The zero-order valence-electron chi connectivity index (χ0n) is 20.8. The van der Waals surface area contributed by atoms with Gasteiger partial charge in [0.2, 0.25) is 21.6 Å². The Morgan fingerprint density at radius 1 is 0.919 bits per heavy atom. The largest absolute Gasteiger partial charge is 0.493 e. The minimum absolute atomic E-state index is 0.0425. The van der Waals surface area contributed by atoms with Crippen molar-refractivity contribution in [1.82, 2.24) is 19.9 Å². The Morgan fingerprint density at radius 3 is 2.22 bits per heavy atom. The lowest BCUT2D eigenvalue weighted by Crippen LogP contribution is -2.20. The van der Waals surface area contributed by atoms with E-state index < -0.39 is 10.0 Å². The normalized spacial score (nSPS) is 11.3. The third kappa shape index (κ3) is 6.33. The number of anilines is 1. The Labute approximate surface area is 221 Å². The second kappa shape index (κ2) is 11.1. The molecule has 2 heterocycles. The van der Waals surface area contributed by atoms with Crippen LogP contribution in [0.4, 0.5) is 5.82 Å². The molecule has 2 aromatic carbocycles. The van der Waals surface area contributed by atoms with E-state index in [1.165, 1.54) is 19.5 Å². The molecule has 1 N–H and O–H groups in total. The monoisotopic (exact) mass is 539 g/mol. The molecule has 11 heteroatoms. The van der Waals surface area contributed by atoms with Gasteiger partial charge in [-0.05, 0) is 62.1 Å². The molecule has 0 bridgehead atoms. The summed E-state index contributed by atoms with van der Waals surface area (Å²) in [5.74, 6) is 0.576. The molecule has 0 atom stereocenters. The fraction of sp³-hybridized carbons (Fsp3) is 0.231. The van der Waals surface area contributed by atoms with Crippen LogP contribution in [0.25, 0.3) is 11.6 Å². The number of rotatable bonds is 9. The van der Waals surface area contributed by atoms with Crippen molar-refractivity contribution in [3.8, 4) is 28.9 Å². The second-order valence-electron chi connectivity index (χ2n) is 8.39. The first-order chi connectivity index (χ1) is 17.7. The van der Waals surface area contributed by atoms with Gasteiger partial charge in [-0.3, -0.25) is 4.72 Å². The van der Waals surface area contributed by atoms with Crippen LogP contribution in [0.15, 0.2) is 54.9 Å². The third-order valence-electron chi connectivity index (χ3n) is 5.58. The topological polar surface area (TPSA) is 116 Å². The van der Waals surface area contributed by atoms with E-state index >= 15 is 0 Å². The average molecular weight is 540 g/mol. The molecular weight excluding hydrogens is 514 g/mol. The number of nitrogens with zero attached hydrogens (tertiary/aromatic N) is 4. The second-order valence-corrected chi connectivity index (χ2v) is 10.6. The molecule has 192 valence electrons. The van der Waals surface area contributed by atoms with Crippen molar-refractivity contribution in [2.24, 2.45) is 0 Å². The van der Waals surface area contributed by atoms with Crippen LogP contribution in [-0.2, 0) is 16.4 Å². The van der Waals surface area contributed by atoms with Crippen LogP contribution < -0.4 is 14.2 Å². The molecule has 2 aromatic heterocycles. The van der Waals surface area contributed by atoms with Crippen LogP contribution in [0.1, 0.15) is 22.3 Å². The molecule has 0 spiro atoms. The summed E-state index contributed by atoms with van der Waals surface area (Å²) < 4.78 is 40.3. The van der Waals surface area contributed by atoms with E-state index in [-0.39, 0.29) is 34.1 Å². The quantitative estimate of drug-likeness (QED) is 0.285. The summed E-state index contributed by atoms with van der Waals surface area (Å²) in [5, 5.41) is -0.119. The first kappa shape index (κ1) is 26.3. The fourth-order valence-electron chi connectivity index (χ4n) is 3.95. The van der Waals surface area contributed by atoms with Gasteiger partial charge in [0.1, 0.15) is 0 Å². The summed E-state index contributed by atoms with van der Waals surface area (Å²) in [6.07, 6.45) is 3.37. The average Bonchev–Trinajstić information content (AvgIpc) is 2.85. The zero-order chi connectivity index (χ0) is 26.6. The van der Waals surface area contributed by atoms with E-state index in [0.717, 1.165) is 22.3 Å². The van der Waals surface area contributed by atoms with Crippen LogP contribution in [0.3, 0.4) is 0 Å². The van der Waals surface area contributed by atoms with E-state index in [9.17, 15) is 8.42 Å². The molecule has 0 aliphatic carbocycles. The van der Waals surface area contributed by atoms with Crippen molar-refractivity contribution in [3.05, 3.63) is 82.3 Å². The minimum Gasteiger partial charge on any atom is -0.493 e. The van der Waals surface area contributed by atoms with Gasteiger partial charge in [-0.15, -0.1) is 0 Å². The highest BCUT2D eigenvalue weighted by Crippen LogP contribution is 2.39. The van der Waals surface area contributed by atoms with Gasteiger partial charge in [0.05, 0.1) is 12.9 Å². The molecule has 0 radical (unpaired) electrons. The van der Waals surface area contributed by atoms with E-state index in [2.05, 4.69) is 24.7 Å². The summed E-state index contributed by atoms with van der Waals surface area (Å²) in [4.78, 5) is 16.9. The standard InChI is InChI=1S/C26H26ClN5O4S/c1-16-14-17(2)19(18(3)15-16)10-13-37(33,34)32-24-22(36-21-9-6-5-8-20(21)35-4)23(27)30-26(31-24)25-28-11-7-12-29-25/h5-9,11-12,14-15H,10,13H2,1-4H3,(H,30,31,32). The summed E-state index contributed by atoms with van der Waals surface area (Å²) in [6, 6.07) is 12.6. The predicted molar refractivity (Wildman–Crippen MR) is 143 cm³/mol. The number of methoxy groups -OCH3 is 1. The highest BCUT2D eigenvalue weighted by atomic mass is 35.5. The first-order valence-electron chi connectivity index (χ1n) is 11.4. The molecule has 0 saturated heterocycles. The lowest BCUT2D eigenvalue weighted by molar-refractivity contribution is 0.378. The maximum atomic E-state index is 13.2. The summed E-state index contributed by atoms with van der Waals surface area (Å²) >= 11 is 6.48. The number of aryl methyl sites for hydroxylation is 3. The predicted octanol–water partition coefficient (Wildman–Crippen LogP) is 5.30. The lowest BCUT2D eigenvalue weighted by Gasteiger charge is -2.16. The Bertz CT molecular complexity index is 1510. The Balaban J connectivity index is 1.70. The summed E-state index contributed by atoms with van der Waals surface area (Å²) in [7, 11) is -2.38. The number of hydrogen-bond acceptors (Lipinski definition) is 8. The molecule has 37 heavy (non-hydrogen) atoms. The van der Waals surface area contributed by atoms with Gasteiger partial charge in [-0.25, -0.2) is 28.4 Å². The number of sulfonamides is 1. The van der Waals surface area contributed by atoms with E-state index in [1.54, 1.807) is 30.3 Å². The third-order valence-corrected chi connectivity index (χ3v) is 7.09. The Morgan fingerprint density at radius 2 is 1.57 bits per heavy atom. The van der Waals surface area contributed by atoms with Crippen molar-refractivity contribution in [2.75, 3.05) is 17.6 Å². The van der Waals surface area contributed by atoms with Gasteiger partial charge in [0, 0.05) is 12.4 Å². The van der Waals surface area contributed by atoms with Crippen molar-refractivity contribution < 1.29 is 17.9 Å². The van der Waals surface area contributed by atoms with Crippen molar-refractivity contribution in [1.29, 1.82) is 0 Å². The SMILES string of the molecule is COc1ccccc1Oc1c(Cl)nc(-c2ncccn2)nc1NS(=O)(=O)CCc1c(C)cc(C)cc1C. The molecule has 0 aliphatic rings. The van der Waals surface area contributed by atoms with Gasteiger partial charge < -0.3 is 9.47 Å². The van der Waals surface area contributed by atoms with Crippen molar-refractivity contribution >= 4 is 27.4 Å². The molecule has 4 rings (SSSR count). The molecule has 0 amide bonds. The number of benzene rings is 2. The van der Waals surface area contributed by atoms with Crippen molar-refractivity contribution in [2.45, 2.75) is 27.2 Å². The van der Waals surface area contributed by atoms with Crippen molar-refractivity contribution in [3.63, 3.8) is 0 Å². The van der Waals surface area contributed by atoms with E-state index in [1.807, 2.05) is 32.9 Å². The molecule has 0 aliphatic heterocycles. The van der Waals surface area contributed by atoms with Crippen LogP contribution >= 0.6 is 11.6 Å². The van der Waals surface area contributed by atoms with Gasteiger partial charge in [-0.1, -0.05) is 41.4 Å². The van der Waals surface area contributed by atoms with Gasteiger partial charge in [0.15, 0.2) is 28.3 Å². The Hall–Kier alpha value is -3.76. The minimum atomic E-state index is -3.87. The number of ether oxygens (including phenoxy) is 2. The maximum Gasteiger partial charge on any atom is 0.234 e. The number of para-hydroxylation sites is 2. The van der Waals surface area contributed by atoms with Crippen LogP contribution in [0, 0.1) is 20.8 Å². The molecule has 0 unspecified atom stereocenters. The summed E-state index contributed by atoms with van der Waals surface area (Å²) in [5.41, 5.74) is 4.20. The zero-order valence-corrected chi connectivity index (χ0v) is 22.4. The molecule has 0 saturated carbocycles. The van der Waals surface area contributed by atoms with Gasteiger partial charge >= 0.3 is 0 Å². The number of aromatic nitrogens is 4. The fourth-order valence-corrected chi connectivity index (χ4v) is 5.17. The molecular formula is C26H26ClN5O4S. The van der Waals surface area contributed by atoms with Crippen LogP contribution in [0.5, 0.6) is 17.2 Å². The smallest absolute Gasteiger partial charge is 0.234 e. The Kier molecular flexibility index (Phi) is 7.89. The van der Waals surface area contributed by atoms with E-state index in [0.29, 0.717) is 17.9 Å². The number of nitrogens with one attached hydrogen (secondary N) is 1. The number of halogens is 1. The summed E-state index contributed by atoms with van der Waals surface area (Å²) in [6.45, 7) is 5.97. The highest BCUT2D eigenvalue weighted by molar-refractivity contribution is 7.92. The molecule has 9 nitrogen and oxygen atoms in total. The molecule has 4 aromatic rings. The molecule has 0 fully saturated rings. The number of hydrogen-bond donors (Lipinski definition) is 1. The lowest BCUT2D eigenvalue weighted by atomic mass is 9.98. The van der Waals surface area contributed by atoms with E-state index in [4.69, 9.17) is 21.1 Å². The van der Waals surface area contributed by atoms with Gasteiger partial charge in [-0.2, -0.15) is 0 Å². The van der Waals surface area contributed by atoms with Gasteiger partial charge in [0.25, 0.3) is 0 Å². The first-order valence-corrected chi connectivity index (χ1v) is 13.4. The van der Waals surface area contributed by atoms with Crippen LogP contribution in [0.2, 0.25) is 5.15 Å². The highest BCUT2D eigenvalue weighted by Gasteiger charge is 2.23.